The molecule has 2 aromatic heterocycles. The van der Waals surface area contributed by atoms with E-state index >= 15 is 0 Å². The lowest BCUT2D eigenvalue weighted by atomic mass is 10.5. The van der Waals surface area contributed by atoms with Crippen molar-refractivity contribution in [3.8, 4) is 5.88 Å². The number of hydrogen-bond donors (Lipinski definition) is 0. The van der Waals surface area contributed by atoms with Crippen LogP contribution >= 0.6 is 0 Å². The maximum absolute atomic E-state index is 4.97. The first-order valence-electron chi connectivity index (χ1n) is 3.37. The van der Waals surface area contributed by atoms with Crippen molar-refractivity contribution in [1.82, 2.24) is 25.0 Å². The molecule has 0 aliphatic carbocycles. The lowest BCUT2D eigenvalue weighted by molar-refractivity contribution is 0.401. The summed E-state index contributed by atoms with van der Waals surface area (Å²) < 4.78 is 4.97. The summed E-state index contributed by atoms with van der Waals surface area (Å²) in [6.07, 6.45) is 1.40. The van der Waals surface area contributed by atoms with Crippen LogP contribution in [0.5, 0.6) is 5.88 Å². The molecule has 0 atom stereocenters. The number of aryl methyl sites for hydroxylation is 1. The minimum atomic E-state index is 0.452. The third-order valence-electron chi connectivity index (χ3n) is 1.45. The molecule has 12 heavy (non-hydrogen) atoms. The van der Waals surface area contributed by atoms with Crippen LogP contribution in [0.15, 0.2) is 6.33 Å². The summed E-state index contributed by atoms with van der Waals surface area (Å²) in [6, 6.07) is 0. The smallest absolute Gasteiger partial charge is 0.247 e. The van der Waals surface area contributed by atoms with Crippen LogP contribution < -0.4 is 4.74 Å². The highest BCUT2D eigenvalue weighted by Crippen LogP contribution is 2.15. The Bertz CT molecular complexity index is 409. The molecule has 2 rings (SSSR count). The van der Waals surface area contributed by atoms with Crippen LogP contribution in [0.25, 0.3) is 11.2 Å². The SMILES string of the molecule is COc1ncnc2nn(C)nc12. The van der Waals surface area contributed by atoms with Gasteiger partial charge in [-0.3, -0.25) is 0 Å². The number of nitrogens with zero attached hydrogens (tertiary/aromatic N) is 5. The summed E-state index contributed by atoms with van der Waals surface area (Å²) in [6.45, 7) is 0. The van der Waals surface area contributed by atoms with E-state index in [9.17, 15) is 0 Å². The predicted octanol–water partition coefficient (Wildman–Crippen LogP) is -0.233. The number of ether oxygens (including phenoxy) is 1. The van der Waals surface area contributed by atoms with Crippen molar-refractivity contribution in [2.24, 2.45) is 7.05 Å². The van der Waals surface area contributed by atoms with Crippen LogP contribution in [0, 0.1) is 0 Å². The molecule has 0 aliphatic heterocycles. The topological polar surface area (TPSA) is 65.7 Å². The van der Waals surface area contributed by atoms with E-state index in [1.54, 1.807) is 7.05 Å². The zero-order chi connectivity index (χ0) is 8.55. The Hall–Kier alpha value is -1.72. The van der Waals surface area contributed by atoms with Gasteiger partial charge in [0.05, 0.1) is 7.11 Å². The van der Waals surface area contributed by atoms with Crippen molar-refractivity contribution in [2.75, 3.05) is 7.11 Å². The molecule has 0 unspecified atom stereocenters. The standard InChI is InChI=1S/C6H7N5O/c1-11-9-4-5(10-11)7-3-8-6(4)12-2/h3H,1-2H3. The normalized spacial score (nSPS) is 10.5. The highest BCUT2D eigenvalue weighted by Gasteiger charge is 2.07. The van der Waals surface area contributed by atoms with Gasteiger partial charge in [-0.05, 0) is 0 Å². The molecule has 0 N–H and O–H groups in total. The van der Waals surface area contributed by atoms with E-state index in [1.807, 2.05) is 0 Å². The van der Waals surface area contributed by atoms with Crippen LogP contribution in [0.2, 0.25) is 0 Å². The van der Waals surface area contributed by atoms with Gasteiger partial charge >= 0.3 is 0 Å². The first-order chi connectivity index (χ1) is 5.81. The maximum Gasteiger partial charge on any atom is 0.247 e. The minimum absolute atomic E-state index is 0.452. The van der Waals surface area contributed by atoms with E-state index in [0.29, 0.717) is 17.0 Å². The molecule has 0 amide bonds. The van der Waals surface area contributed by atoms with E-state index in [0.717, 1.165) is 0 Å². The third kappa shape index (κ3) is 0.884. The fourth-order valence-corrected chi connectivity index (χ4v) is 0.968. The molecule has 0 bridgehead atoms. The summed E-state index contributed by atoms with van der Waals surface area (Å²) in [5.41, 5.74) is 1.13. The van der Waals surface area contributed by atoms with Crippen molar-refractivity contribution >= 4 is 11.2 Å². The Kier molecular flexibility index (Phi) is 1.39. The van der Waals surface area contributed by atoms with Gasteiger partial charge < -0.3 is 4.74 Å². The van der Waals surface area contributed by atoms with Gasteiger partial charge in [0.1, 0.15) is 6.33 Å². The van der Waals surface area contributed by atoms with Crippen LogP contribution in [0.1, 0.15) is 0 Å². The predicted molar refractivity (Wildman–Crippen MR) is 40.7 cm³/mol. The first-order valence-corrected chi connectivity index (χ1v) is 3.37. The van der Waals surface area contributed by atoms with Gasteiger partial charge in [-0.15, -0.1) is 10.2 Å². The van der Waals surface area contributed by atoms with Crippen molar-refractivity contribution in [3.05, 3.63) is 6.33 Å². The summed E-state index contributed by atoms with van der Waals surface area (Å²) in [7, 11) is 3.26. The second-order valence-corrected chi connectivity index (χ2v) is 2.24. The molecular weight excluding hydrogens is 158 g/mol. The van der Waals surface area contributed by atoms with E-state index in [1.165, 1.54) is 18.2 Å². The van der Waals surface area contributed by atoms with Gasteiger partial charge in [0.2, 0.25) is 11.5 Å². The van der Waals surface area contributed by atoms with Crippen LogP contribution in [0.4, 0.5) is 0 Å². The van der Waals surface area contributed by atoms with Crippen molar-refractivity contribution in [1.29, 1.82) is 0 Å². The van der Waals surface area contributed by atoms with E-state index in [-0.39, 0.29) is 0 Å². The van der Waals surface area contributed by atoms with Crippen LogP contribution in [0.3, 0.4) is 0 Å². The van der Waals surface area contributed by atoms with Gasteiger partial charge in [0, 0.05) is 7.05 Å². The second kappa shape index (κ2) is 2.40. The number of fused-ring (bicyclic) bond motifs is 1. The van der Waals surface area contributed by atoms with E-state index in [4.69, 9.17) is 4.74 Å². The molecule has 0 aliphatic rings. The molecule has 2 heterocycles. The summed E-state index contributed by atoms with van der Waals surface area (Å²) in [5.74, 6) is 0.452. The van der Waals surface area contributed by atoms with Crippen molar-refractivity contribution in [2.45, 2.75) is 0 Å². The fourth-order valence-electron chi connectivity index (χ4n) is 0.968. The largest absolute Gasteiger partial charge is 0.479 e. The summed E-state index contributed by atoms with van der Waals surface area (Å²) in [5, 5.41) is 8.04. The Balaban J connectivity index is 2.78. The Labute approximate surface area is 68.2 Å². The van der Waals surface area contributed by atoms with Gasteiger partial charge in [-0.1, -0.05) is 0 Å². The molecule has 0 saturated carbocycles. The summed E-state index contributed by atoms with van der Waals surface area (Å²) >= 11 is 0. The highest BCUT2D eigenvalue weighted by atomic mass is 16.5. The van der Waals surface area contributed by atoms with Gasteiger partial charge in [0.15, 0.2) is 5.52 Å². The van der Waals surface area contributed by atoms with Gasteiger partial charge in [-0.25, -0.2) is 4.98 Å². The minimum Gasteiger partial charge on any atom is -0.479 e. The number of methoxy groups -OCH3 is 1. The molecular formula is C6H7N5O. The van der Waals surface area contributed by atoms with Crippen LogP contribution in [-0.2, 0) is 7.05 Å². The van der Waals surface area contributed by atoms with Crippen LogP contribution in [-0.4, -0.2) is 32.1 Å². The Morgan fingerprint density at radius 2 is 2.17 bits per heavy atom. The lowest BCUT2D eigenvalue weighted by Crippen LogP contribution is -1.91. The molecule has 0 aromatic carbocycles. The number of rotatable bonds is 1. The van der Waals surface area contributed by atoms with Crippen molar-refractivity contribution < 1.29 is 4.74 Å². The number of hydrogen-bond acceptors (Lipinski definition) is 5. The molecule has 6 nitrogen and oxygen atoms in total. The van der Waals surface area contributed by atoms with Crippen molar-refractivity contribution in [3.63, 3.8) is 0 Å². The molecule has 62 valence electrons. The summed E-state index contributed by atoms with van der Waals surface area (Å²) in [4.78, 5) is 9.25. The molecule has 0 saturated heterocycles. The van der Waals surface area contributed by atoms with E-state index < -0.39 is 0 Å². The molecule has 0 fully saturated rings. The average molecular weight is 165 g/mol. The third-order valence-corrected chi connectivity index (χ3v) is 1.45. The molecule has 2 aromatic rings. The average Bonchev–Trinajstić information content (AvgIpc) is 2.44. The molecule has 6 heteroatoms. The second-order valence-electron chi connectivity index (χ2n) is 2.24. The van der Waals surface area contributed by atoms with Gasteiger partial charge in [-0.2, -0.15) is 9.78 Å². The molecule has 0 spiro atoms. The monoisotopic (exact) mass is 165 g/mol. The number of aromatic nitrogens is 5. The maximum atomic E-state index is 4.97. The Morgan fingerprint density at radius 1 is 1.33 bits per heavy atom. The van der Waals surface area contributed by atoms with Gasteiger partial charge in [0.25, 0.3) is 0 Å². The quantitative estimate of drug-likeness (QED) is 0.583. The first kappa shape index (κ1) is 6.96. The Morgan fingerprint density at radius 3 is 2.92 bits per heavy atom. The molecule has 0 radical (unpaired) electrons. The van der Waals surface area contributed by atoms with E-state index in [2.05, 4.69) is 20.2 Å². The lowest BCUT2D eigenvalue weighted by Gasteiger charge is -1.94. The zero-order valence-corrected chi connectivity index (χ0v) is 6.72. The highest BCUT2D eigenvalue weighted by molar-refractivity contribution is 5.74. The fraction of sp³-hybridized carbons (Fsp3) is 0.333. The zero-order valence-electron chi connectivity index (χ0n) is 6.72.